The fourth-order valence-corrected chi connectivity index (χ4v) is 6.13. The second kappa shape index (κ2) is 15.8. The number of hydrogen-bond acceptors (Lipinski definition) is 8. The van der Waals surface area contributed by atoms with Gasteiger partial charge < -0.3 is 29.2 Å². The Bertz CT molecular complexity index is 1580. The van der Waals surface area contributed by atoms with E-state index in [4.69, 9.17) is 18.9 Å². The number of nitrogens with zero attached hydrogens (tertiary/aromatic N) is 2. The molecule has 0 saturated carbocycles. The van der Waals surface area contributed by atoms with Crippen molar-refractivity contribution in [1.29, 1.82) is 0 Å². The maximum atomic E-state index is 14.4. The summed E-state index contributed by atoms with van der Waals surface area (Å²) in [5.74, 6) is 0.282. The van der Waals surface area contributed by atoms with Gasteiger partial charge in [-0.1, -0.05) is 41.9 Å². The zero-order chi connectivity index (χ0) is 33.3. The van der Waals surface area contributed by atoms with Crippen molar-refractivity contribution in [2.45, 2.75) is 38.3 Å². The quantitative estimate of drug-likeness (QED) is 0.238. The summed E-state index contributed by atoms with van der Waals surface area (Å²) in [6.07, 6.45) is 0. The van der Waals surface area contributed by atoms with Gasteiger partial charge in [0, 0.05) is 29.7 Å². The van der Waals surface area contributed by atoms with Gasteiger partial charge in [0.1, 0.15) is 24.1 Å². The molecule has 2 amide bonds. The summed E-state index contributed by atoms with van der Waals surface area (Å²) < 4.78 is 52.1. The maximum Gasteiger partial charge on any atom is 0.265 e. The zero-order valence-electron chi connectivity index (χ0n) is 26.5. The number of ether oxygens (including phenoxy) is 4. The van der Waals surface area contributed by atoms with Crippen molar-refractivity contribution < 1.29 is 37.0 Å². The smallest absolute Gasteiger partial charge is 0.265 e. The van der Waals surface area contributed by atoms with Crippen molar-refractivity contribution in [3.8, 4) is 23.0 Å². The van der Waals surface area contributed by atoms with E-state index in [2.05, 4.69) is 21.2 Å². The number of benzene rings is 3. The first kappa shape index (κ1) is 35.5. The number of sulfonamides is 1. The van der Waals surface area contributed by atoms with Crippen LogP contribution in [0.15, 0.2) is 70.0 Å². The van der Waals surface area contributed by atoms with E-state index in [9.17, 15) is 18.0 Å². The molecule has 1 N–H and O–H groups in total. The van der Waals surface area contributed by atoms with Crippen LogP contribution in [-0.2, 0) is 26.2 Å². The van der Waals surface area contributed by atoms with Crippen LogP contribution in [0.25, 0.3) is 0 Å². The number of carbonyl (C=O) groups is 2. The molecule has 0 fully saturated rings. The van der Waals surface area contributed by atoms with Crippen molar-refractivity contribution in [3.63, 3.8) is 0 Å². The van der Waals surface area contributed by atoms with Gasteiger partial charge >= 0.3 is 0 Å². The van der Waals surface area contributed by atoms with Gasteiger partial charge in [0.2, 0.25) is 11.8 Å². The summed E-state index contributed by atoms with van der Waals surface area (Å²) in [7, 11) is 1.24. The van der Waals surface area contributed by atoms with Gasteiger partial charge in [-0.25, -0.2) is 8.42 Å². The lowest BCUT2D eigenvalue weighted by Crippen LogP contribution is -2.51. The normalized spacial score (nSPS) is 11.8. The fraction of sp³-hybridized carbons (Fsp3) is 0.375. The summed E-state index contributed by atoms with van der Waals surface area (Å²) in [6, 6.07) is 15.2. The Balaban J connectivity index is 2.15. The maximum absolute atomic E-state index is 14.4. The number of nitrogens with one attached hydrogen (secondary N) is 1. The first-order valence-electron chi connectivity index (χ1n) is 14.1. The summed E-state index contributed by atoms with van der Waals surface area (Å²) in [5.41, 5.74) is 0.823. The van der Waals surface area contributed by atoms with Gasteiger partial charge in [0.05, 0.1) is 39.0 Å². The van der Waals surface area contributed by atoms with Crippen LogP contribution in [0, 0.1) is 5.92 Å². The molecule has 0 aliphatic carbocycles. The van der Waals surface area contributed by atoms with E-state index in [-0.39, 0.29) is 40.5 Å². The number of methoxy groups -OCH3 is 4. The Morgan fingerprint density at radius 2 is 1.44 bits per heavy atom. The van der Waals surface area contributed by atoms with Crippen molar-refractivity contribution in [1.82, 2.24) is 10.2 Å². The van der Waals surface area contributed by atoms with Crippen LogP contribution in [0.3, 0.4) is 0 Å². The van der Waals surface area contributed by atoms with E-state index < -0.39 is 28.5 Å². The van der Waals surface area contributed by atoms with Crippen molar-refractivity contribution >= 4 is 43.5 Å². The van der Waals surface area contributed by atoms with E-state index in [1.807, 2.05) is 38.1 Å². The van der Waals surface area contributed by atoms with Gasteiger partial charge in [-0.15, -0.1) is 0 Å². The van der Waals surface area contributed by atoms with E-state index in [1.165, 1.54) is 57.6 Å². The van der Waals surface area contributed by atoms with Crippen LogP contribution < -0.4 is 28.6 Å². The average molecular weight is 707 g/mol. The lowest BCUT2D eigenvalue weighted by Gasteiger charge is -2.32. The highest BCUT2D eigenvalue weighted by Crippen LogP contribution is 2.37. The minimum absolute atomic E-state index is 0.0574. The van der Waals surface area contributed by atoms with Gasteiger partial charge in [-0.3, -0.25) is 13.9 Å². The van der Waals surface area contributed by atoms with Crippen LogP contribution in [0.4, 0.5) is 5.69 Å². The summed E-state index contributed by atoms with van der Waals surface area (Å²) in [4.78, 5) is 28.7. The molecule has 0 spiro atoms. The van der Waals surface area contributed by atoms with E-state index in [0.717, 1.165) is 14.3 Å². The molecule has 13 heteroatoms. The Morgan fingerprint density at radius 1 is 0.822 bits per heavy atom. The highest BCUT2D eigenvalue weighted by atomic mass is 79.9. The van der Waals surface area contributed by atoms with E-state index in [1.54, 1.807) is 19.1 Å². The topological polar surface area (TPSA) is 124 Å². The molecule has 1 atom stereocenters. The molecular weight excluding hydrogens is 666 g/mol. The molecule has 3 rings (SSSR count). The van der Waals surface area contributed by atoms with Gasteiger partial charge in [-0.2, -0.15) is 0 Å². The summed E-state index contributed by atoms with van der Waals surface area (Å²) >= 11 is 3.42. The number of rotatable bonds is 15. The molecule has 0 heterocycles. The second-order valence-corrected chi connectivity index (χ2v) is 13.3. The summed E-state index contributed by atoms with van der Waals surface area (Å²) in [5, 5.41) is 2.88. The second-order valence-electron chi connectivity index (χ2n) is 10.5. The molecule has 0 saturated heterocycles. The number of carbonyl (C=O) groups excluding carboxylic acids is 2. The molecule has 45 heavy (non-hydrogen) atoms. The van der Waals surface area contributed by atoms with Gasteiger partial charge in [0.15, 0.2) is 11.5 Å². The van der Waals surface area contributed by atoms with E-state index >= 15 is 0 Å². The highest BCUT2D eigenvalue weighted by Gasteiger charge is 2.34. The number of hydrogen-bond donors (Lipinski definition) is 1. The SMILES string of the molecule is COc1ccc(OC)c(N(CC(=O)N(Cc2ccc(Br)cc2)[C@@H](C)C(=O)NCC(C)C)S(=O)(=O)c2ccc(OC)c(OC)c2)c1. The van der Waals surface area contributed by atoms with Crippen molar-refractivity contribution in [2.75, 3.05) is 45.8 Å². The zero-order valence-corrected chi connectivity index (χ0v) is 28.9. The van der Waals surface area contributed by atoms with Crippen molar-refractivity contribution in [3.05, 3.63) is 70.7 Å². The number of anilines is 1. The number of halogens is 1. The molecule has 3 aromatic carbocycles. The molecule has 244 valence electrons. The predicted octanol–water partition coefficient (Wildman–Crippen LogP) is 4.87. The van der Waals surface area contributed by atoms with Crippen LogP contribution in [0.1, 0.15) is 26.3 Å². The lowest BCUT2D eigenvalue weighted by atomic mass is 10.1. The molecule has 0 aromatic heterocycles. The third kappa shape index (κ3) is 8.82. The largest absolute Gasteiger partial charge is 0.497 e. The Kier molecular flexibility index (Phi) is 12.5. The van der Waals surface area contributed by atoms with Crippen LogP contribution in [0.2, 0.25) is 0 Å². The van der Waals surface area contributed by atoms with Crippen LogP contribution in [-0.4, -0.2) is 72.7 Å². The molecule has 0 aliphatic heterocycles. The Hall–Kier alpha value is -3.97. The van der Waals surface area contributed by atoms with E-state index in [0.29, 0.717) is 18.0 Å². The molecule has 0 unspecified atom stereocenters. The molecule has 0 aliphatic rings. The Labute approximate surface area is 273 Å². The molecule has 11 nitrogen and oxygen atoms in total. The first-order chi connectivity index (χ1) is 21.4. The minimum Gasteiger partial charge on any atom is -0.497 e. The van der Waals surface area contributed by atoms with Crippen LogP contribution >= 0.6 is 15.9 Å². The number of amides is 2. The van der Waals surface area contributed by atoms with Gasteiger partial charge in [-0.05, 0) is 54.8 Å². The standard InChI is InChI=1S/C32H40BrN3O8S/c1-21(2)18-34-32(38)22(3)35(19-23-8-10-24(33)11-9-23)31(37)20-36(27-16-25(41-4)12-14-28(27)42-5)45(39,40)26-13-15-29(43-6)30(17-26)44-7/h8-17,21-22H,18-20H2,1-7H3,(H,34,38)/t22-/m0/s1. The third-order valence-electron chi connectivity index (χ3n) is 6.99. The predicted molar refractivity (Wildman–Crippen MR) is 176 cm³/mol. The van der Waals surface area contributed by atoms with Gasteiger partial charge in [0.25, 0.3) is 10.0 Å². The van der Waals surface area contributed by atoms with Crippen LogP contribution in [0.5, 0.6) is 23.0 Å². The molecule has 0 bridgehead atoms. The molecule has 3 aromatic rings. The van der Waals surface area contributed by atoms with Crippen molar-refractivity contribution in [2.24, 2.45) is 5.92 Å². The monoisotopic (exact) mass is 705 g/mol. The lowest BCUT2D eigenvalue weighted by molar-refractivity contribution is -0.139. The first-order valence-corrected chi connectivity index (χ1v) is 16.4. The Morgan fingerprint density at radius 3 is 2.02 bits per heavy atom. The summed E-state index contributed by atoms with van der Waals surface area (Å²) in [6.45, 7) is 5.37. The fourth-order valence-electron chi connectivity index (χ4n) is 4.43. The molecular formula is C32H40BrN3O8S. The minimum atomic E-state index is -4.44. The third-order valence-corrected chi connectivity index (χ3v) is 9.28. The average Bonchev–Trinajstić information content (AvgIpc) is 3.04. The highest BCUT2D eigenvalue weighted by molar-refractivity contribution is 9.10. The molecule has 0 radical (unpaired) electrons.